The van der Waals surface area contributed by atoms with E-state index in [0.717, 1.165) is 14.2 Å². The third-order valence-electron chi connectivity index (χ3n) is 6.20. The number of carboxylic acids is 1. The van der Waals surface area contributed by atoms with E-state index < -0.39 is 73.5 Å². The van der Waals surface area contributed by atoms with Gasteiger partial charge in [-0.05, 0) is 123 Å². The smallest absolute Gasteiger partial charge is 0.305 e. The van der Waals surface area contributed by atoms with E-state index in [1.807, 2.05) is 0 Å². The van der Waals surface area contributed by atoms with Gasteiger partial charge in [0.2, 0.25) is 0 Å². The Bertz CT molecular complexity index is 1050. The molecule has 34 heteroatoms. The summed E-state index contributed by atoms with van der Waals surface area (Å²) < 4.78 is 5.21. The van der Waals surface area contributed by atoms with E-state index in [2.05, 4.69) is 121 Å². The molecular weight excluding hydrogens is 830 g/mol. The molecule has 0 aromatic carbocycles. The Hall–Kier alpha value is -3.13. The first-order valence-electron chi connectivity index (χ1n) is 15.6. The predicted molar refractivity (Wildman–Crippen MR) is 150 cm³/mol. The van der Waals surface area contributed by atoms with Crippen LogP contribution in [0.3, 0.4) is 0 Å². The number of carboxylic acid groups (broad SMARTS) is 1. The maximum absolute atomic E-state index is 13.2. The summed E-state index contributed by atoms with van der Waals surface area (Å²) in [4.78, 5) is 79.2. The van der Waals surface area contributed by atoms with Crippen LogP contribution in [0.5, 0.6) is 0 Å². The molecule has 34 nitrogen and oxygen atoms in total. The molecule has 0 aliphatic carbocycles. The van der Waals surface area contributed by atoms with E-state index in [0.29, 0.717) is 0 Å². The Morgan fingerprint density at radius 3 is 1.34 bits per heavy atom. The van der Waals surface area contributed by atoms with Crippen LogP contribution in [-0.2, 0) is 159 Å². The molecule has 0 heterocycles. The number of carbonyl (C=O) groups excluding carboxylic acids is 4. The van der Waals surface area contributed by atoms with Crippen LogP contribution in [-0.4, -0.2) is 74.5 Å². The zero-order chi connectivity index (χ0) is 43.3. The van der Waals surface area contributed by atoms with E-state index >= 15 is 0 Å². The molecule has 0 aromatic rings. The lowest BCUT2D eigenvalue weighted by Crippen LogP contribution is -2.40. The Morgan fingerprint density at radius 1 is 0.534 bits per heavy atom. The highest BCUT2D eigenvalue weighted by molar-refractivity contribution is 5.92. The molecule has 3 N–H and O–H groups in total. The van der Waals surface area contributed by atoms with Gasteiger partial charge in [-0.3, -0.25) is 24.0 Å². The minimum atomic E-state index is -1.83. The topological polar surface area (TPSA) is 381 Å². The normalized spacial score (nSPS) is 12.8. The number of rotatable bonds is 44. The van der Waals surface area contributed by atoms with Gasteiger partial charge in [0, 0.05) is 44.4 Å². The molecule has 2 unspecified atom stereocenters. The lowest BCUT2D eigenvalue weighted by atomic mass is 9.83. The molecule has 0 radical (unpaired) electrons. The fraction of sp³-hybridized carbons (Fsp3) is 0.792. The SMILES string of the molecule is COOOOOOOOOOOOOCC(COOOOOOOOOOOOOC)(COC(=O)CCCC(=O)O)CC(=O)CCC(=O)C(C)CC(=O)C(N)C(C)C. The molecule has 58 heavy (non-hydrogen) atoms. The van der Waals surface area contributed by atoms with E-state index in [1.165, 1.54) is 6.92 Å². The Morgan fingerprint density at radius 2 is 0.948 bits per heavy atom. The third-order valence-corrected chi connectivity index (χ3v) is 6.20. The molecule has 0 fully saturated rings. The highest BCUT2D eigenvalue weighted by Gasteiger charge is 2.38. The van der Waals surface area contributed by atoms with Crippen LogP contribution in [0.2, 0.25) is 0 Å². The van der Waals surface area contributed by atoms with Gasteiger partial charge in [0.05, 0.1) is 38.9 Å². The van der Waals surface area contributed by atoms with Gasteiger partial charge in [-0.25, -0.2) is 19.6 Å². The maximum Gasteiger partial charge on any atom is 0.305 e. The van der Waals surface area contributed by atoms with Crippen molar-refractivity contribution >= 4 is 29.3 Å². The molecule has 0 amide bonds. The molecule has 0 rings (SSSR count). The van der Waals surface area contributed by atoms with Crippen molar-refractivity contribution in [3.05, 3.63) is 0 Å². The van der Waals surface area contributed by atoms with Gasteiger partial charge in [-0.15, -0.1) is 0 Å². The van der Waals surface area contributed by atoms with Crippen LogP contribution in [0, 0.1) is 17.3 Å². The average Bonchev–Trinajstić information content (AvgIpc) is 3.19. The second-order valence-electron chi connectivity index (χ2n) is 10.8. The predicted octanol–water partition coefficient (Wildman–Crippen LogP) is 0.309. The van der Waals surface area contributed by atoms with Gasteiger partial charge in [-0.2, -0.15) is 0 Å². The molecule has 0 bridgehead atoms. The summed E-state index contributed by atoms with van der Waals surface area (Å²) in [6.45, 7) is 2.61. The largest absolute Gasteiger partial charge is 0.481 e. The number of aliphatic carboxylic acids is 1. The molecule has 340 valence electrons. The number of ketones is 3. The molecule has 0 spiro atoms. The highest BCUT2D eigenvalue weighted by atomic mass is 18.0. The monoisotopic (exact) mass is 871 g/mol. The second-order valence-corrected chi connectivity index (χ2v) is 10.8. The fourth-order valence-corrected chi connectivity index (χ4v) is 3.50. The van der Waals surface area contributed by atoms with Gasteiger partial charge < -0.3 is 15.6 Å². The van der Waals surface area contributed by atoms with Crippen LogP contribution in [0.15, 0.2) is 0 Å². The zero-order valence-corrected chi connectivity index (χ0v) is 30.9. The first-order chi connectivity index (χ1) is 27.9. The van der Waals surface area contributed by atoms with E-state index in [9.17, 15) is 24.0 Å². The first kappa shape index (κ1) is 54.9. The summed E-state index contributed by atoms with van der Waals surface area (Å²) in [6, 6.07) is -0.782. The molecule has 0 saturated carbocycles. The number of hydrogen-bond acceptors (Lipinski definition) is 33. The van der Waals surface area contributed by atoms with Crippen LogP contribution in [0.1, 0.15) is 65.7 Å². The van der Waals surface area contributed by atoms with E-state index in [4.69, 9.17) is 25.4 Å². The minimum Gasteiger partial charge on any atom is -0.481 e. The van der Waals surface area contributed by atoms with Gasteiger partial charge in [0.1, 0.15) is 24.0 Å². The number of ether oxygens (including phenoxy) is 1. The number of nitrogens with two attached hydrogens (primary N) is 1. The first-order valence-corrected chi connectivity index (χ1v) is 15.6. The van der Waals surface area contributed by atoms with Crippen molar-refractivity contribution in [1.29, 1.82) is 0 Å². The second kappa shape index (κ2) is 36.9. The third kappa shape index (κ3) is 31.8. The summed E-state index contributed by atoms with van der Waals surface area (Å²) in [6.07, 6.45) is -2.36. The van der Waals surface area contributed by atoms with Gasteiger partial charge in [-0.1, -0.05) is 20.8 Å². The van der Waals surface area contributed by atoms with Crippen LogP contribution < -0.4 is 5.73 Å². The molecular formula is C24H41NO33. The number of Topliss-reactive ketones (excluding diaryl/α,β-unsaturated/α-hetero) is 3. The van der Waals surface area contributed by atoms with Crippen molar-refractivity contribution in [1.82, 2.24) is 0 Å². The van der Waals surface area contributed by atoms with Crippen LogP contribution in [0.4, 0.5) is 0 Å². The fourth-order valence-electron chi connectivity index (χ4n) is 3.50. The van der Waals surface area contributed by atoms with Crippen molar-refractivity contribution in [2.24, 2.45) is 23.0 Å². The molecule has 2 atom stereocenters. The Labute approximate surface area is 322 Å². The van der Waals surface area contributed by atoms with Crippen molar-refractivity contribution in [3.8, 4) is 0 Å². The van der Waals surface area contributed by atoms with Gasteiger partial charge >= 0.3 is 11.9 Å². The summed E-state index contributed by atoms with van der Waals surface area (Å²) in [7, 11) is 2.11. The Kier molecular flexibility index (Phi) is 34.9. The van der Waals surface area contributed by atoms with E-state index in [-0.39, 0.29) is 43.8 Å². The van der Waals surface area contributed by atoms with Crippen LogP contribution >= 0.6 is 0 Å². The standard InChI is InChI=1S/C24H41NO33/c1-16(2)23(25)20(28)11-17(3)19(27)10-9-18(26)12-24(13-34-22(31)8-6-7-21(29)30,14-35-39-43-47-51-55-57-53-49-45-41-37-32-4)15-36-40-44-48-52-56-58-54-50-46-42-38-33-5/h16-17,23H,6-15,25H2,1-5H3,(H,29,30). The van der Waals surface area contributed by atoms with Crippen molar-refractivity contribution in [3.63, 3.8) is 0 Å². The van der Waals surface area contributed by atoms with Crippen molar-refractivity contribution in [2.75, 3.05) is 34.0 Å². The molecule has 0 saturated heterocycles. The lowest BCUT2D eigenvalue weighted by molar-refractivity contribution is -0.870. The Balaban J connectivity index is 5.43. The van der Waals surface area contributed by atoms with Crippen molar-refractivity contribution < 1.29 is 164 Å². The summed E-state index contributed by atoms with van der Waals surface area (Å²) in [5, 5.41) is 92.5. The minimum absolute atomic E-state index is 0.113. The lowest BCUT2D eigenvalue weighted by Gasteiger charge is -2.30. The van der Waals surface area contributed by atoms with Crippen LogP contribution in [0.25, 0.3) is 0 Å². The van der Waals surface area contributed by atoms with Crippen molar-refractivity contribution in [2.45, 2.75) is 71.8 Å². The maximum atomic E-state index is 13.2. The highest BCUT2D eigenvalue weighted by Crippen LogP contribution is 2.27. The summed E-state index contributed by atoms with van der Waals surface area (Å²) in [5.41, 5.74) is 4.03. The average molecular weight is 872 g/mol. The van der Waals surface area contributed by atoms with Gasteiger partial charge in [0.15, 0.2) is 0 Å². The van der Waals surface area contributed by atoms with Gasteiger partial charge in [0.25, 0.3) is 0 Å². The molecule has 0 aromatic heterocycles. The molecule has 0 aliphatic heterocycles. The quantitative estimate of drug-likeness (QED) is 0.0360. The summed E-state index contributed by atoms with van der Waals surface area (Å²) >= 11 is 0. The number of esters is 1. The number of carbonyl (C=O) groups is 5. The van der Waals surface area contributed by atoms with E-state index in [1.54, 1.807) is 13.8 Å². The zero-order valence-electron chi connectivity index (χ0n) is 30.9. The number of hydrogen-bond donors (Lipinski definition) is 2. The molecule has 0 aliphatic rings. The summed E-state index contributed by atoms with van der Waals surface area (Å²) in [5.74, 6) is -4.46.